The van der Waals surface area contributed by atoms with E-state index in [9.17, 15) is 0 Å². The molecule has 5 nitrogen and oxygen atoms in total. The van der Waals surface area contributed by atoms with Gasteiger partial charge in [0, 0.05) is 12.0 Å². The number of unbranched alkanes of at least 4 members (excludes halogenated alkanes) is 1. The molecule has 130 valence electrons. The average molecular weight is 354 g/mol. The third-order valence-electron chi connectivity index (χ3n) is 4.00. The molecule has 0 aliphatic carbocycles. The maximum atomic E-state index is 5.79. The number of aryl methyl sites for hydroxylation is 1. The van der Waals surface area contributed by atoms with E-state index in [0.29, 0.717) is 11.4 Å². The lowest BCUT2D eigenvalue weighted by Crippen LogP contribution is -2.01. The van der Waals surface area contributed by atoms with Crippen molar-refractivity contribution in [3.63, 3.8) is 0 Å². The largest absolute Gasteiger partial charge is 0.493 e. The third kappa shape index (κ3) is 3.79. The highest BCUT2D eigenvalue weighted by Crippen LogP contribution is 2.26. The topological polar surface area (TPSA) is 55.2 Å². The lowest BCUT2D eigenvalue weighted by atomic mass is 10.0. The minimum absolute atomic E-state index is 0.501. The lowest BCUT2D eigenvalue weighted by molar-refractivity contribution is 0.340. The van der Waals surface area contributed by atoms with Crippen molar-refractivity contribution in [1.82, 2.24) is 14.9 Å². The Kier molecular flexibility index (Phi) is 5.60. The molecule has 0 saturated heterocycles. The predicted molar refractivity (Wildman–Crippen MR) is 104 cm³/mol. The molecule has 0 fully saturated rings. The average Bonchev–Trinajstić information content (AvgIpc) is 2.99. The summed E-state index contributed by atoms with van der Waals surface area (Å²) >= 11 is 5.32. The number of nitrogens with zero attached hydrogens (tertiary/aromatic N) is 3. The van der Waals surface area contributed by atoms with Crippen LogP contribution in [0.2, 0.25) is 0 Å². The van der Waals surface area contributed by atoms with E-state index < -0.39 is 0 Å². The van der Waals surface area contributed by atoms with Crippen molar-refractivity contribution in [3.8, 4) is 5.75 Å². The molecule has 1 aromatic heterocycles. The van der Waals surface area contributed by atoms with Crippen LogP contribution in [0.1, 0.15) is 38.1 Å². The fourth-order valence-electron chi connectivity index (χ4n) is 2.75. The van der Waals surface area contributed by atoms with Gasteiger partial charge in [0.05, 0.1) is 12.8 Å². The summed E-state index contributed by atoms with van der Waals surface area (Å²) in [4.78, 5) is 0. The summed E-state index contributed by atoms with van der Waals surface area (Å²) < 4.78 is 7.99. The van der Waals surface area contributed by atoms with Crippen molar-refractivity contribution < 1.29 is 4.74 Å². The van der Waals surface area contributed by atoms with Gasteiger partial charge < -0.3 is 4.74 Å². The smallest absolute Gasteiger partial charge is 0.216 e. The normalized spacial score (nSPS) is 11.4. The second-order valence-corrected chi connectivity index (χ2v) is 6.12. The van der Waals surface area contributed by atoms with Crippen LogP contribution in [-0.4, -0.2) is 27.7 Å². The SMILES string of the molecule is CCCCc1n[nH]c(=S)n1/N=C/c1c(OCC)ccc2ccccc12. The zero-order valence-electron chi connectivity index (χ0n) is 14.5. The number of aromatic amines is 1. The first-order valence-electron chi connectivity index (χ1n) is 8.59. The van der Waals surface area contributed by atoms with Crippen LogP contribution in [0, 0.1) is 4.77 Å². The zero-order valence-corrected chi connectivity index (χ0v) is 15.3. The Balaban J connectivity index is 2.05. The van der Waals surface area contributed by atoms with Crippen molar-refractivity contribution >= 4 is 29.2 Å². The van der Waals surface area contributed by atoms with Crippen LogP contribution >= 0.6 is 12.2 Å². The summed E-state index contributed by atoms with van der Waals surface area (Å²) in [6.45, 7) is 4.73. The number of fused-ring (bicyclic) bond motifs is 1. The molecule has 0 atom stereocenters. The number of benzene rings is 2. The molecule has 0 saturated carbocycles. The van der Waals surface area contributed by atoms with E-state index in [1.165, 1.54) is 0 Å². The molecule has 0 aliphatic rings. The van der Waals surface area contributed by atoms with E-state index in [1.807, 2.05) is 31.3 Å². The van der Waals surface area contributed by atoms with Gasteiger partial charge in [-0.05, 0) is 42.4 Å². The molecule has 3 rings (SSSR count). The molecule has 2 aromatic carbocycles. The van der Waals surface area contributed by atoms with Crippen LogP contribution in [0.5, 0.6) is 5.75 Å². The van der Waals surface area contributed by atoms with E-state index in [-0.39, 0.29) is 0 Å². The summed E-state index contributed by atoms with van der Waals surface area (Å²) in [5.74, 6) is 1.66. The van der Waals surface area contributed by atoms with Gasteiger partial charge in [0.25, 0.3) is 0 Å². The molecule has 0 aliphatic heterocycles. The molecular weight excluding hydrogens is 332 g/mol. The molecule has 0 unspecified atom stereocenters. The van der Waals surface area contributed by atoms with Gasteiger partial charge in [-0.1, -0.05) is 43.7 Å². The van der Waals surface area contributed by atoms with Gasteiger partial charge >= 0.3 is 0 Å². The minimum atomic E-state index is 0.501. The summed E-state index contributed by atoms with van der Waals surface area (Å²) in [5, 5.41) is 14.0. The molecule has 0 amide bonds. The number of hydrogen-bond donors (Lipinski definition) is 1. The Hall–Kier alpha value is -2.47. The molecule has 0 spiro atoms. The van der Waals surface area contributed by atoms with Gasteiger partial charge in [-0.2, -0.15) is 14.9 Å². The highest BCUT2D eigenvalue weighted by atomic mass is 32.1. The number of aromatic nitrogens is 3. The standard InChI is InChI=1S/C19H22N4OS/c1-3-5-10-18-21-22-19(25)23(18)20-13-16-15-9-7-6-8-14(15)11-12-17(16)24-4-2/h6-9,11-13H,3-5,10H2,1-2H3,(H,22,25)/b20-13+. The van der Waals surface area contributed by atoms with Gasteiger partial charge in [-0.3, -0.25) is 5.10 Å². The summed E-state index contributed by atoms with van der Waals surface area (Å²) in [6.07, 6.45) is 4.80. The lowest BCUT2D eigenvalue weighted by Gasteiger charge is -2.10. The van der Waals surface area contributed by atoms with Crippen LogP contribution in [-0.2, 0) is 6.42 Å². The van der Waals surface area contributed by atoms with Gasteiger partial charge in [-0.25, -0.2) is 0 Å². The van der Waals surface area contributed by atoms with E-state index in [0.717, 1.165) is 47.2 Å². The summed E-state index contributed by atoms with van der Waals surface area (Å²) in [7, 11) is 0. The van der Waals surface area contributed by atoms with Crippen molar-refractivity contribution in [2.45, 2.75) is 33.1 Å². The Morgan fingerprint density at radius 3 is 2.88 bits per heavy atom. The molecule has 3 aromatic rings. The monoisotopic (exact) mass is 354 g/mol. The first kappa shape index (κ1) is 17.4. The maximum Gasteiger partial charge on any atom is 0.216 e. The Labute approximate surface area is 152 Å². The zero-order chi connectivity index (χ0) is 17.6. The third-order valence-corrected chi connectivity index (χ3v) is 4.27. The molecular formula is C19H22N4OS. The van der Waals surface area contributed by atoms with Gasteiger partial charge in [-0.15, -0.1) is 0 Å². The highest BCUT2D eigenvalue weighted by molar-refractivity contribution is 7.71. The second-order valence-electron chi connectivity index (χ2n) is 5.74. The van der Waals surface area contributed by atoms with Gasteiger partial charge in [0.1, 0.15) is 5.75 Å². The van der Waals surface area contributed by atoms with E-state index >= 15 is 0 Å². The van der Waals surface area contributed by atoms with Crippen molar-refractivity contribution in [1.29, 1.82) is 0 Å². The molecule has 6 heteroatoms. The number of hydrogen-bond acceptors (Lipinski definition) is 4. The maximum absolute atomic E-state index is 5.79. The first-order chi connectivity index (χ1) is 12.2. The van der Waals surface area contributed by atoms with Crippen LogP contribution in [0.25, 0.3) is 10.8 Å². The quantitative estimate of drug-likeness (QED) is 0.493. The Morgan fingerprint density at radius 2 is 2.08 bits per heavy atom. The predicted octanol–water partition coefficient (Wildman–Crippen LogP) is 4.72. The van der Waals surface area contributed by atoms with Crippen LogP contribution < -0.4 is 4.74 Å². The Bertz CT molecular complexity index is 942. The first-order valence-corrected chi connectivity index (χ1v) is 9.00. The molecule has 0 bridgehead atoms. The fraction of sp³-hybridized carbons (Fsp3) is 0.316. The number of rotatable bonds is 7. The molecule has 0 radical (unpaired) electrons. The number of H-pyrrole nitrogens is 1. The number of ether oxygens (including phenoxy) is 1. The Morgan fingerprint density at radius 1 is 1.24 bits per heavy atom. The van der Waals surface area contributed by atoms with E-state index in [1.54, 1.807) is 4.68 Å². The van der Waals surface area contributed by atoms with Crippen LogP contribution in [0.3, 0.4) is 0 Å². The van der Waals surface area contributed by atoms with E-state index in [4.69, 9.17) is 17.0 Å². The summed E-state index contributed by atoms with van der Waals surface area (Å²) in [6, 6.07) is 12.3. The molecule has 1 heterocycles. The minimum Gasteiger partial charge on any atom is -0.493 e. The molecule has 25 heavy (non-hydrogen) atoms. The van der Waals surface area contributed by atoms with E-state index in [2.05, 4.69) is 40.4 Å². The van der Waals surface area contributed by atoms with Crippen LogP contribution in [0.15, 0.2) is 41.5 Å². The highest BCUT2D eigenvalue weighted by Gasteiger charge is 2.08. The number of nitrogens with one attached hydrogen (secondary N) is 1. The van der Waals surface area contributed by atoms with Crippen molar-refractivity contribution in [2.24, 2.45) is 5.10 Å². The van der Waals surface area contributed by atoms with Gasteiger partial charge in [0.15, 0.2) is 5.82 Å². The summed E-state index contributed by atoms with van der Waals surface area (Å²) in [5.41, 5.74) is 0.949. The van der Waals surface area contributed by atoms with Gasteiger partial charge in [0.2, 0.25) is 4.77 Å². The molecule has 1 N–H and O–H groups in total. The van der Waals surface area contributed by atoms with Crippen molar-refractivity contribution in [3.05, 3.63) is 52.6 Å². The second kappa shape index (κ2) is 8.07. The van der Waals surface area contributed by atoms with Crippen molar-refractivity contribution in [2.75, 3.05) is 6.61 Å². The fourth-order valence-corrected chi connectivity index (χ4v) is 2.94. The van der Waals surface area contributed by atoms with Crippen LogP contribution in [0.4, 0.5) is 0 Å².